The van der Waals surface area contributed by atoms with Crippen LogP contribution < -0.4 is 0 Å². The highest BCUT2D eigenvalue weighted by Crippen LogP contribution is 2.23. The Morgan fingerprint density at radius 3 is 2.50 bits per heavy atom. The second-order valence-electron chi connectivity index (χ2n) is 4.92. The van der Waals surface area contributed by atoms with Crippen LogP contribution in [0, 0.1) is 0 Å². The number of benzene rings is 2. The summed E-state index contributed by atoms with van der Waals surface area (Å²) >= 11 is 17.9. The Balaban J connectivity index is 1.82. The summed E-state index contributed by atoms with van der Waals surface area (Å²) in [5.74, 6) is -0.323. The van der Waals surface area contributed by atoms with Gasteiger partial charge in [0.25, 0.3) is 0 Å². The van der Waals surface area contributed by atoms with Gasteiger partial charge in [-0.1, -0.05) is 53.0 Å². The molecule has 0 saturated carbocycles. The molecular weight excluding hydrogens is 369 g/mol. The van der Waals surface area contributed by atoms with Crippen LogP contribution in [0.2, 0.25) is 15.1 Å². The monoisotopic (exact) mass is 377 g/mol. The van der Waals surface area contributed by atoms with E-state index < -0.39 is 5.97 Å². The maximum absolute atomic E-state index is 11.9. The molecule has 0 atom stereocenters. The number of rotatable bonds is 3. The van der Waals surface area contributed by atoms with Crippen molar-refractivity contribution in [2.45, 2.75) is 0 Å². The summed E-state index contributed by atoms with van der Waals surface area (Å²) in [7, 11) is 0. The second kappa shape index (κ2) is 7.22. The molecule has 1 aliphatic rings. The maximum Gasteiger partial charge on any atom is 0.363 e. The Morgan fingerprint density at radius 2 is 1.75 bits per heavy atom. The number of cyclic esters (lactones) is 1. The Bertz CT molecular complexity index is 901. The zero-order valence-corrected chi connectivity index (χ0v) is 14.4. The minimum absolute atomic E-state index is 0.194. The third-order valence-electron chi connectivity index (χ3n) is 3.16. The summed E-state index contributed by atoms with van der Waals surface area (Å²) in [4.78, 5) is 16.0. The molecule has 24 heavy (non-hydrogen) atoms. The predicted octanol–water partition coefficient (Wildman–Crippen LogP) is 5.66. The van der Waals surface area contributed by atoms with E-state index in [2.05, 4.69) is 4.99 Å². The second-order valence-corrected chi connectivity index (χ2v) is 6.20. The van der Waals surface area contributed by atoms with Gasteiger partial charge < -0.3 is 4.74 Å². The minimum Gasteiger partial charge on any atom is -0.403 e. The number of halogens is 3. The Kier molecular flexibility index (Phi) is 5.05. The Hall–Kier alpha value is -2.07. The highest BCUT2D eigenvalue weighted by molar-refractivity contribution is 6.35. The van der Waals surface area contributed by atoms with E-state index in [1.807, 2.05) is 6.07 Å². The van der Waals surface area contributed by atoms with Gasteiger partial charge in [0, 0.05) is 21.1 Å². The molecule has 3 rings (SSSR count). The lowest BCUT2D eigenvalue weighted by Crippen LogP contribution is -2.01. The molecule has 2 aromatic rings. The maximum atomic E-state index is 11.9. The molecule has 0 saturated heterocycles. The molecule has 0 radical (unpaired) electrons. The number of hydrogen-bond donors (Lipinski definition) is 0. The summed E-state index contributed by atoms with van der Waals surface area (Å²) < 4.78 is 5.12. The first-order valence-corrected chi connectivity index (χ1v) is 8.06. The molecule has 120 valence electrons. The van der Waals surface area contributed by atoms with E-state index in [1.165, 1.54) is 0 Å². The molecule has 0 aromatic heterocycles. The molecule has 6 heteroatoms. The van der Waals surface area contributed by atoms with Crippen LogP contribution in [0.25, 0.3) is 12.2 Å². The Morgan fingerprint density at radius 1 is 0.958 bits per heavy atom. The van der Waals surface area contributed by atoms with Gasteiger partial charge in [-0.2, -0.15) is 0 Å². The lowest BCUT2D eigenvalue weighted by atomic mass is 10.2. The standard InChI is InChI=1S/C18H10Cl3NO2/c19-13-3-1-2-11(8-13)9-16-18(23)24-17(22-16)7-5-12-4-6-14(20)10-15(12)21/h1-10H. The van der Waals surface area contributed by atoms with Crippen LogP contribution in [0.5, 0.6) is 0 Å². The number of carbonyl (C=O) groups excluding carboxylic acids is 1. The fourth-order valence-corrected chi connectivity index (χ4v) is 2.72. The molecule has 1 aliphatic heterocycles. The summed E-state index contributed by atoms with van der Waals surface area (Å²) in [5.41, 5.74) is 1.72. The van der Waals surface area contributed by atoms with Crippen LogP contribution in [-0.2, 0) is 9.53 Å². The molecule has 2 aromatic carbocycles. The third kappa shape index (κ3) is 4.06. The molecule has 0 unspecified atom stereocenters. The van der Waals surface area contributed by atoms with Crippen LogP contribution >= 0.6 is 34.8 Å². The van der Waals surface area contributed by atoms with Crippen molar-refractivity contribution >= 4 is 58.8 Å². The van der Waals surface area contributed by atoms with E-state index >= 15 is 0 Å². The summed E-state index contributed by atoms with van der Waals surface area (Å²) in [6.07, 6.45) is 4.89. The smallest absolute Gasteiger partial charge is 0.363 e. The Labute approximate surface area is 153 Å². The lowest BCUT2D eigenvalue weighted by molar-refractivity contribution is -0.129. The summed E-state index contributed by atoms with van der Waals surface area (Å²) in [5, 5.41) is 1.63. The van der Waals surface area contributed by atoms with Crippen LogP contribution in [0.4, 0.5) is 0 Å². The topological polar surface area (TPSA) is 38.7 Å². The van der Waals surface area contributed by atoms with Gasteiger partial charge in [-0.3, -0.25) is 0 Å². The fraction of sp³-hybridized carbons (Fsp3) is 0. The largest absolute Gasteiger partial charge is 0.403 e. The molecule has 1 heterocycles. The predicted molar refractivity (Wildman–Crippen MR) is 98.5 cm³/mol. The van der Waals surface area contributed by atoms with Gasteiger partial charge in [0.05, 0.1) is 0 Å². The van der Waals surface area contributed by atoms with Crippen LogP contribution in [-0.4, -0.2) is 11.9 Å². The van der Waals surface area contributed by atoms with Crippen LogP contribution in [0.1, 0.15) is 11.1 Å². The van der Waals surface area contributed by atoms with Crippen molar-refractivity contribution in [2.75, 3.05) is 0 Å². The zero-order valence-electron chi connectivity index (χ0n) is 12.2. The highest BCUT2D eigenvalue weighted by atomic mass is 35.5. The minimum atomic E-state index is -0.517. The molecule has 0 bridgehead atoms. The van der Waals surface area contributed by atoms with Crippen molar-refractivity contribution in [3.63, 3.8) is 0 Å². The van der Waals surface area contributed by atoms with E-state index in [9.17, 15) is 4.79 Å². The first kappa shape index (κ1) is 16.8. The molecule has 0 N–H and O–H groups in total. The lowest BCUT2D eigenvalue weighted by Gasteiger charge is -1.98. The molecular formula is C18H10Cl3NO2. The van der Waals surface area contributed by atoms with Gasteiger partial charge in [0.15, 0.2) is 5.70 Å². The van der Waals surface area contributed by atoms with E-state index in [-0.39, 0.29) is 11.6 Å². The molecule has 0 spiro atoms. The van der Waals surface area contributed by atoms with Gasteiger partial charge in [-0.25, -0.2) is 9.79 Å². The number of esters is 1. The number of aliphatic imine (C=N–C) groups is 1. The van der Waals surface area contributed by atoms with Gasteiger partial charge in [0.1, 0.15) is 0 Å². The van der Waals surface area contributed by atoms with Crippen molar-refractivity contribution in [3.05, 3.63) is 80.4 Å². The van der Waals surface area contributed by atoms with Gasteiger partial charge in [0.2, 0.25) is 5.90 Å². The van der Waals surface area contributed by atoms with Crippen molar-refractivity contribution < 1.29 is 9.53 Å². The van der Waals surface area contributed by atoms with E-state index in [4.69, 9.17) is 39.5 Å². The van der Waals surface area contributed by atoms with Crippen molar-refractivity contribution in [2.24, 2.45) is 4.99 Å². The van der Waals surface area contributed by atoms with Crippen molar-refractivity contribution in [3.8, 4) is 0 Å². The SMILES string of the molecule is O=C1OC(C=Cc2ccc(Cl)cc2Cl)=NC1=Cc1cccc(Cl)c1. The van der Waals surface area contributed by atoms with Gasteiger partial charge in [-0.15, -0.1) is 0 Å². The van der Waals surface area contributed by atoms with Crippen LogP contribution in [0.15, 0.2) is 59.2 Å². The summed E-state index contributed by atoms with van der Waals surface area (Å²) in [6.45, 7) is 0. The molecule has 3 nitrogen and oxygen atoms in total. The van der Waals surface area contributed by atoms with Gasteiger partial charge >= 0.3 is 5.97 Å². The quantitative estimate of drug-likeness (QED) is 0.511. The average molecular weight is 379 g/mol. The first-order chi connectivity index (χ1) is 11.5. The van der Waals surface area contributed by atoms with E-state index in [1.54, 1.807) is 54.6 Å². The number of nitrogens with zero attached hydrogens (tertiary/aromatic N) is 1. The fourth-order valence-electron chi connectivity index (χ4n) is 2.05. The van der Waals surface area contributed by atoms with Crippen molar-refractivity contribution in [1.82, 2.24) is 0 Å². The third-order valence-corrected chi connectivity index (χ3v) is 3.95. The van der Waals surface area contributed by atoms with E-state index in [0.717, 1.165) is 11.1 Å². The highest BCUT2D eigenvalue weighted by Gasteiger charge is 2.21. The first-order valence-electron chi connectivity index (χ1n) is 6.92. The van der Waals surface area contributed by atoms with E-state index in [0.29, 0.717) is 15.1 Å². The molecule has 0 amide bonds. The zero-order chi connectivity index (χ0) is 17.1. The molecule has 0 fully saturated rings. The number of ether oxygens (including phenoxy) is 1. The normalized spacial score (nSPS) is 15.9. The van der Waals surface area contributed by atoms with Crippen molar-refractivity contribution in [1.29, 1.82) is 0 Å². The van der Waals surface area contributed by atoms with Crippen LogP contribution in [0.3, 0.4) is 0 Å². The molecule has 0 aliphatic carbocycles. The summed E-state index contributed by atoms with van der Waals surface area (Å²) in [6, 6.07) is 12.2. The number of hydrogen-bond acceptors (Lipinski definition) is 3. The van der Waals surface area contributed by atoms with Gasteiger partial charge in [-0.05, 0) is 47.5 Å². The number of carbonyl (C=O) groups is 1. The average Bonchev–Trinajstić information content (AvgIpc) is 2.86.